The number of benzene rings is 1. The lowest BCUT2D eigenvalue weighted by molar-refractivity contribution is 0.758. The number of rotatable bonds is 1. The Hall–Kier alpha value is -1.69. The largest absolute Gasteiger partial charge is 0.326 e. The Morgan fingerprint density at radius 1 is 1.13 bits per heavy atom. The lowest BCUT2D eigenvalue weighted by atomic mass is 10.3. The smallest absolute Gasteiger partial charge is 0.220 e. The van der Waals surface area contributed by atoms with Gasteiger partial charge < -0.3 is 4.98 Å². The van der Waals surface area contributed by atoms with Gasteiger partial charge in [0.2, 0.25) is 11.3 Å². The first-order valence-electron chi connectivity index (χ1n) is 4.35. The van der Waals surface area contributed by atoms with Gasteiger partial charge in [0, 0.05) is 4.47 Å². The summed E-state index contributed by atoms with van der Waals surface area (Å²) in [4.78, 5) is 8.49. The Kier molecular flexibility index (Phi) is 1.81. The van der Waals surface area contributed by atoms with Crippen LogP contribution < -0.4 is 0 Å². The van der Waals surface area contributed by atoms with Crippen LogP contribution in [0.4, 0.5) is 0 Å². The minimum absolute atomic E-state index is 0.623. The Morgan fingerprint density at radius 3 is 2.67 bits per heavy atom. The van der Waals surface area contributed by atoms with Crippen molar-refractivity contribution in [2.75, 3.05) is 0 Å². The molecule has 3 aromatic rings. The zero-order valence-corrected chi connectivity index (χ0v) is 9.14. The monoisotopic (exact) mass is 263 g/mol. The van der Waals surface area contributed by atoms with Crippen LogP contribution in [-0.2, 0) is 0 Å². The van der Waals surface area contributed by atoms with Crippen molar-refractivity contribution in [3.8, 4) is 5.69 Å². The Morgan fingerprint density at radius 2 is 1.93 bits per heavy atom. The average molecular weight is 264 g/mol. The summed E-state index contributed by atoms with van der Waals surface area (Å²) < 4.78 is 1.03. The molecule has 1 N–H and O–H groups in total. The van der Waals surface area contributed by atoms with Crippen LogP contribution >= 0.6 is 15.9 Å². The van der Waals surface area contributed by atoms with Crippen molar-refractivity contribution in [1.29, 1.82) is 0 Å². The first-order valence-corrected chi connectivity index (χ1v) is 5.14. The van der Waals surface area contributed by atoms with E-state index in [1.54, 1.807) is 11.1 Å². The van der Waals surface area contributed by atoms with Crippen LogP contribution in [0.2, 0.25) is 0 Å². The first-order chi connectivity index (χ1) is 7.33. The van der Waals surface area contributed by atoms with Gasteiger partial charge in [-0.05, 0) is 24.3 Å². The molecule has 0 saturated heterocycles. The van der Waals surface area contributed by atoms with Gasteiger partial charge in [0.1, 0.15) is 0 Å². The van der Waals surface area contributed by atoms with E-state index in [1.807, 2.05) is 24.3 Å². The zero-order valence-electron chi connectivity index (χ0n) is 7.55. The van der Waals surface area contributed by atoms with Gasteiger partial charge in [-0.3, -0.25) is 0 Å². The molecule has 0 aliphatic carbocycles. The molecule has 0 aliphatic rings. The summed E-state index contributed by atoms with van der Waals surface area (Å²) in [6.07, 6.45) is 1.58. The summed E-state index contributed by atoms with van der Waals surface area (Å²) in [7, 11) is 0. The number of halogens is 1. The molecule has 0 radical (unpaired) electrons. The minimum atomic E-state index is 0.623. The Balaban J connectivity index is 2.13. The number of fused-ring (bicyclic) bond motifs is 1. The molecular formula is C9H6BrN5. The molecule has 2 aromatic heterocycles. The third-order valence-electron chi connectivity index (χ3n) is 2.04. The summed E-state index contributed by atoms with van der Waals surface area (Å²) in [5, 5.41) is 8.47. The normalized spacial score (nSPS) is 11.0. The lowest BCUT2D eigenvalue weighted by Gasteiger charge is -1.97. The van der Waals surface area contributed by atoms with Crippen LogP contribution in [-0.4, -0.2) is 25.0 Å². The molecular weight excluding hydrogens is 258 g/mol. The fourth-order valence-electron chi connectivity index (χ4n) is 1.32. The van der Waals surface area contributed by atoms with E-state index < -0.39 is 0 Å². The molecule has 0 aliphatic heterocycles. The molecule has 0 atom stereocenters. The van der Waals surface area contributed by atoms with Gasteiger partial charge in [-0.15, -0.1) is 15.0 Å². The number of hydrogen-bond donors (Lipinski definition) is 1. The van der Waals surface area contributed by atoms with Crippen LogP contribution in [0.15, 0.2) is 35.1 Å². The predicted octanol–water partition coefficient (Wildman–Crippen LogP) is 1.91. The lowest BCUT2D eigenvalue weighted by Crippen LogP contribution is -1.98. The second kappa shape index (κ2) is 3.16. The molecule has 15 heavy (non-hydrogen) atoms. The fourth-order valence-corrected chi connectivity index (χ4v) is 1.59. The zero-order chi connectivity index (χ0) is 10.3. The summed E-state index contributed by atoms with van der Waals surface area (Å²) >= 11 is 3.38. The SMILES string of the molecule is Brc1ccc(-n2nc3nc[nH]c3n2)cc1. The number of aromatic amines is 1. The fraction of sp³-hybridized carbons (Fsp3) is 0. The topological polar surface area (TPSA) is 59.4 Å². The van der Waals surface area contributed by atoms with E-state index in [2.05, 4.69) is 36.1 Å². The van der Waals surface area contributed by atoms with E-state index in [4.69, 9.17) is 0 Å². The molecule has 6 heteroatoms. The number of hydrogen-bond acceptors (Lipinski definition) is 3. The molecule has 0 amide bonds. The molecule has 0 bridgehead atoms. The van der Waals surface area contributed by atoms with Crippen molar-refractivity contribution < 1.29 is 0 Å². The van der Waals surface area contributed by atoms with Crippen LogP contribution in [0.3, 0.4) is 0 Å². The molecule has 0 fully saturated rings. The van der Waals surface area contributed by atoms with Gasteiger partial charge in [-0.25, -0.2) is 4.98 Å². The second-order valence-electron chi connectivity index (χ2n) is 3.04. The predicted molar refractivity (Wildman–Crippen MR) is 58.7 cm³/mol. The van der Waals surface area contributed by atoms with Gasteiger partial charge in [0.25, 0.3) is 0 Å². The van der Waals surface area contributed by atoms with Crippen LogP contribution in [0.5, 0.6) is 0 Å². The van der Waals surface area contributed by atoms with E-state index in [0.29, 0.717) is 11.3 Å². The third kappa shape index (κ3) is 1.42. The highest BCUT2D eigenvalue weighted by Gasteiger charge is 2.05. The van der Waals surface area contributed by atoms with Gasteiger partial charge in [-0.1, -0.05) is 15.9 Å². The molecule has 3 rings (SSSR count). The highest BCUT2D eigenvalue weighted by molar-refractivity contribution is 9.10. The molecule has 0 spiro atoms. The van der Waals surface area contributed by atoms with E-state index in [9.17, 15) is 0 Å². The maximum atomic E-state index is 4.24. The van der Waals surface area contributed by atoms with E-state index in [1.165, 1.54) is 0 Å². The van der Waals surface area contributed by atoms with Crippen molar-refractivity contribution in [1.82, 2.24) is 25.0 Å². The molecule has 1 aromatic carbocycles. The molecule has 0 unspecified atom stereocenters. The summed E-state index contributed by atoms with van der Waals surface area (Å²) in [5.41, 5.74) is 2.22. The maximum Gasteiger partial charge on any atom is 0.220 e. The Bertz CT molecular complexity index is 566. The molecule has 5 nitrogen and oxygen atoms in total. The van der Waals surface area contributed by atoms with Gasteiger partial charge >= 0.3 is 0 Å². The van der Waals surface area contributed by atoms with Crippen molar-refractivity contribution in [2.45, 2.75) is 0 Å². The van der Waals surface area contributed by atoms with E-state index in [0.717, 1.165) is 10.2 Å². The summed E-state index contributed by atoms with van der Waals surface area (Å²) in [6, 6.07) is 7.76. The van der Waals surface area contributed by atoms with E-state index >= 15 is 0 Å². The Labute approximate surface area is 93.3 Å². The van der Waals surface area contributed by atoms with Crippen molar-refractivity contribution >= 4 is 27.2 Å². The number of imidazole rings is 1. The summed E-state index contributed by atoms with van der Waals surface area (Å²) in [5.74, 6) is 0. The molecule has 2 heterocycles. The standard InChI is InChI=1S/C9H6BrN5/c10-6-1-3-7(4-2-6)15-13-8-9(14-15)12-5-11-8/h1-5H,(H,11,12,13,14). The van der Waals surface area contributed by atoms with Crippen molar-refractivity contribution in [3.63, 3.8) is 0 Å². The highest BCUT2D eigenvalue weighted by Crippen LogP contribution is 2.13. The van der Waals surface area contributed by atoms with Gasteiger partial charge in [0.15, 0.2) is 0 Å². The quantitative estimate of drug-likeness (QED) is 0.730. The molecule has 74 valence electrons. The number of H-pyrrole nitrogens is 1. The number of nitrogens with zero attached hydrogens (tertiary/aromatic N) is 4. The van der Waals surface area contributed by atoms with Crippen molar-refractivity contribution in [2.24, 2.45) is 0 Å². The molecule has 0 saturated carbocycles. The van der Waals surface area contributed by atoms with Gasteiger partial charge in [-0.2, -0.15) is 0 Å². The number of nitrogens with one attached hydrogen (secondary N) is 1. The average Bonchev–Trinajstić information content (AvgIpc) is 2.78. The maximum absolute atomic E-state index is 4.24. The van der Waals surface area contributed by atoms with E-state index in [-0.39, 0.29) is 0 Å². The van der Waals surface area contributed by atoms with Crippen LogP contribution in [0.1, 0.15) is 0 Å². The first kappa shape index (κ1) is 8.60. The number of aromatic nitrogens is 5. The summed E-state index contributed by atoms with van der Waals surface area (Å²) in [6.45, 7) is 0. The van der Waals surface area contributed by atoms with Crippen LogP contribution in [0.25, 0.3) is 17.0 Å². The van der Waals surface area contributed by atoms with Crippen LogP contribution in [0, 0.1) is 0 Å². The van der Waals surface area contributed by atoms with Gasteiger partial charge in [0.05, 0.1) is 12.0 Å². The third-order valence-corrected chi connectivity index (χ3v) is 2.57. The second-order valence-corrected chi connectivity index (χ2v) is 3.96. The van der Waals surface area contributed by atoms with Crippen molar-refractivity contribution in [3.05, 3.63) is 35.1 Å². The highest BCUT2D eigenvalue weighted by atomic mass is 79.9. The minimum Gasteiger partial charge on any atom is -0.326 e.